The van der Waals surface area contributed by atoms with E-state index in [0.717, 1.165) is 45.4 Å². The summed E-state index contributed by atoms with van der Waals surface area (Å²) in [6, 6.07) is 15.5. The van der Waals surface area contributed by atoms with Crippen molar-refractivity contribution in [2.24, 2.45) is 0 Å². The minimum absolute atomic E-state index is 0.132. The predicted molar refractivity (Wildman–Crippen MR) is 131 cm³/mol. The Bertz CT molecular complexity index is 1490. The summed E-state index contributed by atoms with van der Waals surface area (Å²) in [5.74, 6) is 1.47. The zero-order chi connectivity index (χ0) is 23.7. The molecule has 1 N–H and O–H groups in total. The van der Waals surface area contributed by atoms with Crippen LogP contribution >= 0.6 is 0 Å². The highest BCUT2D eigenvalue weighted by Crippen LogP contribution is 2.27. The lowest BCUT2D eigenvalue weighted by Crippen LogP contribution is -2.11. The van der Waals surface area contributed by atoms with Crippen LogP contribution in [0.3, 0.4) is 0 Å². The van der Waals surface area contributed by atoms with Gasteiger partial charge in [-0.05, 0) is 43.0 Å². The van der Waals surface area contributed by atoms with E-state index in [0.29, 0.717) is 23.4 Å². The van der Waals surface area contributed by atoms with Gasteiger partial charge in [0.2, 0.25) is 0 Å². The number of nitrogens with zero attached hydrogens (tertiary/aromatic N) is 5. The Balaban J connectivity index is 1.43. The second-order valence-electron chi connectivity index (χ2n) is 8.18. The smallest absolute Gasteiger partial charge is 0.165 e. The molecule has 2 aromatic carbocycles. The number of hydrogen-bond donors (Lipinski definition) is 1. The monoisotopic (exact) mass is 452 g/mol. The lowest BCUT2D eigenvalue weighted by Gasteiger charge is -2.16. The Morgan fingerprint density at radius 2 is 1.94 bits per heavy atom. The number of imidazole rings is 1. The standard InChI is InChI=1S/C26H24N6O2/c1-16(22-11-19-5-4-6-20(13-33)23(19)17(2)30-22)31-25-24-26(28-14-27-25)32(15-29-24)12-18-7-9-21(34-3)10-8-18/h4-11,13-16H,12H2,1-3H3,(H,27,28,31)/t16-/m0/s1. The normalized spacial score (nSPS) is 12.1. The van der Waals surface area contributed by atoms with Crippen molar-refractivity contribution in [2.75, 3.05) is 12.4 Å². The highest BCUT2D eigenvalue weighted by atomic mass is 16.5. The van der Waals surface area contributed by atoms with E-state index < -0.39 is 0 Å². The number of carbonyl (C=O) groups is 1. The Kier molecular flexibility index (Phi) is 5.63. The van der Waals surface area contributed by atoms with Gasteiger partial charge in [0.25, 0.3) is 0 Å². The molecule has 0 amide bonds. The number of ether oxygens (including phenoxy) is 1. The Morgan fingerprint density at radius 1 is 1.12 bits per heavy atom. The molecular formula is C26H24N6O2. The first-order chi connectivity index (χ1) is 16.6. The van der Waals surface area contributed by atoms with Gasteiger partial charge in [0.15, 0.2) is 17.8 Å². The van der Waals surface area contributed by atoms with Crippen LogP contribution in [-0.2, 0) is 6.54 Å². The van der Waals surface area contributed by atoms with Gasteiger partial charge in [-0.25, -0.2) is 15.0 Å². The number of methoxy groups -OCH3 is 1. The Morgan fingerprint density at radius 3 is 2.71 bits per heavy atom. The van der Waals surface area contributed by atoms with Crippen LogP contribution in [0.1, 0.15) is 40.3 Å². The van der Waals surface area contributed by atoms with E-state index >= 15 is 0 Å². The van der Waals surface area contributed by atoms with E-state index in [2.05, 4.69) is 20.3 Å². The highest BCUT2D eigenvalue weighted by Gasteiger charge is 2.16. The molecule has 1 atom stereocenters. The molecule has 0 bridgehead atoms. The van der Waals surface area contributed by atoms with Crippen LogP contribution in [0.5, 0.6) is 5.75 Å². The summed E-state index contributed by atoms with van der Waals surface area (Å²) >= 11 is 0. The number of aryl methyl sites for hydroxylation is 1. The molecule has 8 heteroatoms. The SMILES string of the molecule is COc1ccc(Cn2cnc3c(N[C@@H](C)c4cc5cccc(C=O)c5c(C)n4)ncnc32)cc1. The fourth-order valence-electron chi connectivity index (χ4n) is 4.20. The summed E-state index contributed by atoms with van der Waals surface area (Å²) in [5, 5.41) is 5.31. The van der Waals surface area contributed by atoms with Gasteiger partial charge in [0.05, 0.1) is 31.7 Å². The third-order valence-corrected chi connectivity index (χ3v) is 5.93. The summed E-state index contributed by atoms with van der Waals surface area (Å²) in [6.45, 7) is 4.59. The topological polar surface area (TPSA) is 94.8 Å². The maximum Gasteiger partial charge on any atom is 0.165 e. The van der Waals surface area contributed by atoms with Gasteiger partial charge in [0.1, 0.15) is 17.6 Å². The zero-order valence-electron chi connectivity index (χ0n) is 19.2. The molecule has 170 valence electrons. The first-order valence-corrected chi connectivity index (χ1v) is 11.0. The molecule has 0 saturated carbocycles. The van der Waals surface area contributed by atoms with Crippen LogP contribution < -0.4 is 10.1 Å². The maximum absolute atomic E-state index is 11.4. The first-order valence-electron chi connectivity index (χ1n) is 11.0. The average Bonchev–Trinajstić information content (AvgIpc) is 3.27. The maximum atomic E-state index is 11.4. The number of rotatable bonds is 7. The second kappa shape index (κ2) is 8.90. The molecule has 34 heavy (non-hydrogen) atoms. The number of hydrogen-bond acceptors (Lipinski definition) is 7. The fourth-order valence-corrected chi connectivity index (χ4v) is 4.20. The third kappa shape index (κ3) is 3.94. The van der Waals surface area contributed by atoms with E-state index in [1.165, 1.54) is 0 Å². The lowest BCUT2D eigenvalue weighted by molar-refractivity contribution is 0.112. The number of fused-ring (bicyclic) bond motifs is 2. The van der Waals surface area contributed by atoms with Crippen LogP contribution in [-0.4, -0.2) is 37.9 Å². The number of aldehydes is 1. The number of pyridine rings is 1. The average molecular weight is 453 g/mol. The van der Waals surface area contributed by atoms with Crippen LogP contribution in [0.15, 0.2) is 61.2 Å². The molecule has 0 fully saturated rings. The molecule has 5 rings (SSSR count). The molecule has 0 spiro atoms. The van der Waals surface area contributed by atoms with Crippen molar-refractivity contribution in [3.05, 3.63) is 83.7 Å². The van der Waals surface area contributed by atoms with Gasteiger partial charge < -0.3 is 14.6 Å². The molecule has 0 unspecified atom stereocenters. The van der Waals surface area contributed by atoms with Crippen LogP contribution in [0.2, 0.25) is 0 Å². The number of benzene rings is 2. The van der Waals surface area contributed by atoms with Crippen LogP contribution in [0.4, 0.5) is 5.82 Å². The largest absolute Gasteiger partial charge is 0.497 e. The van der Waals surface area contributed by atoms with Crippen LogP contribution in [0, 0.1) is 6.92 Å². The van der Waals surface area contributed by atoms with Gasteiger partial charge >= 0.3 is 0 Å². The summed E-state index contributed by atoms with van der Waals surface area (Å²) in [4.78, 5) is 29.7. The van der Waals surface area contributed by atoms with Crippen molar-refractivity contribution in [2.45, 2.75) is 26.4 Å². The Hall–Kier alpha value is -4.33. The molecule has 8 nitrogen and oxygen atoms in total. The summed E-state index contributed by atoms with van der Waals surface area (Å²) in [5.41, 5.74) is 4.89. The van der Waals surface area contributed by atoms with Gasteiger partial charge in [-0.2, -0.15) is 0 Å². The lowest BCUT2D eigenvalue weighted by atomic mass is 10.0. The number of carbonyl (C=O) groups excluding carboxylic acids is 1. The first kappa shape index (κ1) is 21.5. The van der Waals surface area contributed by atoms with Crippen LogP contribution in [0.25, 0.3) is 21.9 Å². The van der Waals surface area contributed by atoms with E-state index in [1.54, 1.807) is 19.8 Å². The molecule has 0 aliphatic carbocycles. The molecule has 0 aliphatic heterocycles. The van der Waals surface area contributed by atoms with Crippen molar-refractivity contribution in [3.63, 3.8) is 0 Å². The third-order valence-electron chi connectivity index (χ3n) is 5.93. The summed E-state index contributed by atoms with van der Waals surface area (Å²) in [6.07, 6.45) is 4.19. The number of anilines is 1. The minimum atomic E-state index is -0.132. The number of aromatic nitrogens is 5. The van der Waals surface area contributed by atoms with E-state index in [9.17, 15) is 4.79 Å². The van der Waals surface area contributed by atoms with Gasteiger partial charge in [-0.15, -0.1) is 0 Å². The molecule has 0 radical (unpaired) electrons. The molecule has 0 saturated heterocycles. The minimum Gasteiger partial charge on any atom is -0.497 e. The Labute approximate surface area is 196 Å². The second-order valence-corrected chi connectivity index (χ2v) is 8.18. The molecule has 3 heterocycles. The van der Waals surface area contributed by atoms with Crippen molar-refractivity contribution in [1.82, 2.24) is 24.5 Å². The molecule has 0 aliphatic rings. The molecule has 3 aromatic heterocycles. The van der Waals surface area contributed by atoms with Crippen molar-refractivity contribution < 1.29 is 9.53 Å². The van der Waals surface area contributed by atoms with Gasteiger partial charge in [-0.1, -0.05) is 30.3 Å². The zero-order valence-corrected chi connectivity index (χ0v) is 19.2. The van der Waals surface area contributed by atoms with Crippen molar-refractivity contribution in [3.8, 4) is 5.75 Å². The van der Waals surface area contributed by atoms with E-state index in [4.69, 9.17) is 9.72 Å². The van der Waals surface area contributed by atoms with Crippen molar-refractivity contribution in [1.29, 1.82) is 0 Å². The molecule has 5 aromatic rings. The fraction of sp³-hybridized carbons (Fsp3) is 0.192. The quantitative estimate of drug-likeness (QED) is 0.357. The highest BCUT2D eigenvalue weighted by molar-refractivity contribution is 5.99. The molecular weight excluding hydrogens is 428 g/mol. The van der Waals surface area contributed by atoms with Gasteiger partial charge in [-0.3, -0.25) is 9.78 Å². The summed E-state index contributed by atoms with van der Waals surface area (Å²) in [7, 11) is 1.65. The van der Waals surface area contributed by atoms with Gasteiger partial charge in [0, 0.05) is 16.6 Å². The van der Waals surface area contributed by atoms with E-state index in [1.807, 2.05) is 66.9 Å². The summed E-state index contributed by atoms with van der Waals surface area (Å²) < 4.78 is 7.23. The van der Waals surface area contributed by atoms with E-state index in [-0.39, 0.29) is 6.04 Å². The van der Waals surface area contributed by atoms with Crippen molar-refractivity contribution >= 4 is 34.0 Å². The predicted octanol–water partition coefficient (Wildman–Crippen LogP) is 4.73. The number of nitrogens with one attached hydrogen (secondary N) is 1.